The minimum atomic E-state index is -0.747. The molecule has 0 aliphatic carbocycles. The van der Waals surface area contributed by atoms with E-state index in [2.05, 4.69) is 27.0 Å². The number of fused-ring (bicyclic) bond motifs is 6. The van der Waals surface area contributed by atoms with Crippen molar-refractivity contribution in [3.8, 4) is 82.1 Å². The summed E-state index contributed by atoms with van der Waals surface area (Å²) in [7, 11) is 0. The van der Waals surface area contributed by atoms with E-state index in [1.165, 1.54) is 45.3 Å². The zero-order chi connectivity index (χ0) is 38.4. The molecule has 0 amide bonds. The molecule has 12 nitrogen and oxygen atoms in total. The monoisotopic (exact) mass is 790 g/mol. The van der Waals surface area contributed by atoms with Crippen LogP contribution in [0.15, 0.2) is 34.3 Å². The van der Waals surface area contributed by atoms with Crippen LogP contribution in [0.1, 0.15) is 65.5 Å². The van der Waals surface area contributed by atoms with Crippen LogP contribution in [0.2, 0.25) is 0 Å². The zero-order valence-electron chi connectivity index (χ0n) is 30.0. The van der Waals surface area contributed by atoms with Gasteiger partial charge in [0.25, 0.3) is 0 Å². The maximum atomic E-state index is 9.30. The van der Waals surface area contributed by atoms with Gasteiger partial charge in [-0.15, -0.1) is 34.0 Å². The summed E-state index contributed by atoms with van der Waals surface area (Å²) in [6, 6.07) is 13.3. The molecule has 4 aromatic heterocycles. The van der Waals surface area contributed by atoms with Crippen LogP contribution in [0.25, 0.3) is 45.5 Å². The molecule has 7 rings (SSSR count). The van der Waals surface area contributed by atoms with Gasteiger partial charge in [-0.05, 0) is 52.7 Å². The highest BCUT2D eigenvalue weighted by Crippen LogP contribution is 2.58. The summed E-state index contributed by atoms with van der Waals surface area (Å²) < 4.78 is 25.4. The van der Waals surface area contributed by atoms with E-state index in [4.69, 9.17) is 35.5 Å². The Morgan fingerprint density at radius 3 is 1.59 bits per heavy atom. The number of hydrogen-bond acceptors (Lipinski definition) is 15. The highest BCUT2D eigenvalue weighted by molar-refractivity contribution is 7.26. The number of aliphatic imine (C=N–C) groups is 2. The predicted molar refractivity (Wildman–Crippen MR) is 212 cm³/mol. The molecular formula is C38H30N8O4S4. The van der Waals surface area contributed by atoms with Gasteiger partial charge in [0, 0.05) is 34.4 Å². The number of nitriles is 3. The fourth-order valence-electron chi connectivity index (χ4n) is 5.99. The van der Waals surface area contributed by atoms with Gasteiger partial charge in [-0.2, -0.15) is 10.5 Å². The average Bonchev–Trinajstić information content (AvgIpc) is 3.95. The number of amidine groups is 1. The first-order valence-corrected chi connectivity index (χ1v) is 20.1. The van der Waals surface area contributed by atoms with Gasteiger partial charge in [0.05, 0.1) is 23.0 Å². The third kappa shape index (κ3) is 6.59. The van der Waals surface area contributed by atoms with Crippen molar-refractivity contribution < 1.29 is 18.9 Å². The van der Waals surface area contributed by atoms with Gasteiger partial charge in [-0.25, -0.2) is 20.2 Å². The SMILES string of the molecule is [C-]#[N+]C(C#N)=Nc1cc(OCCC)c(-c2nc3c(s2)-c2cc4c(cc2C(C)(C)O3)-c2sc(-c3sc(N=C(C#N)C#N)cc3OCCC)nc2OC4(C)C)s1. The second-order valence-corrected chi connectivity index (χ2v) is 17.1. The number of thiazole rings is 2. The summed E-state index contributed by atoms with van der Waals surface area (Å²) in [5, 5.41) is 30.2. The minimum absolute atomic E-state index is 0.238. The van der Waals surface area contributed by atoms with E-state index in [-0.39, 0.29) is 11.5 Å². The van der Waals surface area contributed by atoms with Crippen molar-refractivity contribution >= 4 is 66.9 Å². The van der Waals surface area contributed by atoms with Crippen LogP contribution in [0.3, 0.4) is 0 Å². The minimum Gasteiger partial charge on any atom is -0.492 e. The number of thiophene rings is 2. The van der Waals surface area contributed by atoms with Gasteiger partial charge in [0.2, 0.25) is 22.5 Å². The third-order valence-electron chi connectivity index (χ3n) is 8.38. The van der Waals surface area contributed by atoms with Gasteiger partial charge in [-0.1, -0.05) is 36.7 Å². The second kappa shape index (κ2) is 14.3. The summed E-state index contributed by atoms with van der Waals surface area (Å²) >= 11 is 5.58. The lowest BCUT2D eigenvalue weighted by molar-refractivity contribution is 0.0954. The maximum absolute atomic E-state index is 9.30. The molecule has 270 valence electrons. The van der Waals surface area contributed by atoms with Crippen LogP contribution < -0.4 is 18.9 Å². The van der Waals surface area contributed by atoms with Crippen LogP contribution in [0, 0.1) is 40.6 Å². The summed E-state index contributed by atoms with van der Waals surface area (Å²) in [5.74, 6) is 1.93. The number of rotatable bonds is 10. The lowest BCUT2D eigenvalue weighted by Crippen LogP contribution is -2.32. The molecule has 0 saturated carbocycles. The molecule has 2 aliphatic heterocycles. The Morgan fingerprint density at radius 2 is 1.19 bits per heavy atom. The number of ether oxygens (including phenoxy) is 4. The van der Waals surface area contributed by atoms with Crippen molar-refractivity contribution in [1.29, 1.82) is 15.8 Å². The third-order valence-corrected chi connectivity index (χ3v) is 12.8. The van der Waals surface area contributed by atoms with E-state index in [1.807, 2.05) is 59.8 Å². The number of hydrogen-bond donors (Lipinski definition) is 0. The quantitative estimate of drug-likeness (QED) is 0.0760. The molecule has 0 atom stereocenters. The predicted octanol–water partition coefficient (Wildman–Crippen LogP) is 10.8. The van der Waals surface area contributed by atoms with Gasteiger partial charge in [0.15, 0.2) is 0 Å². The lowest BCUT2D eigenvalue weighted by Gasteiger charge is -2.37. The molecule has 0 saturated heterocycles. The normalized spacial score (nSPS) is 14.3. The molecule has 0 radical (unpaired) electrons. The lowest BCUT2D eigenvalue weighted by atomic mass is 9.81. The van der Waals surface area contributed by atoms with Crippen molar-refractivity contribution in [3.05, 3.63) is 46.8 Å². The van der Waals surface area contributed by atoms with Gasteiger partial charge in [0.1, 0.15) is 65.7 Å². The fourth-order valence-corrected chi connectivity index (χ4v) is 10.1. The van der Waals surface area contributed by atoms with Gasteiger partial charge >= 0.3 is 5.84 Å². The second-order valence-electron chi connectivity index (χ2n) is 13.1. The number of benzene rings is 1. The number of nitrogens with zero attached hydrogens (tertiary/aromatic N) is 8. The molecule has 54 heavy (non-hydrogen) atoms. The first-order valence-electron chi connectivity index (χ1n) is 16.8. The molecule has 0 unspecified atom stereocenters. The van der Waals surface area contributed by atoms with Crippen LogP contribution in [-0.2, 0) is 11.2 Å². The summed E-state index contributed by atoms with van der Waals surface area (Å²) in [6.45, 7) is 20.3. The molecule has 0 bridgehead atoms. The Labute approximate surface area is 327 Å². The Kier molecular flexibility index (Phi) is 9.74. The molecule has 0 fully saturated rings. The largest absolute Gasteiger partial charge is 0.492 e. The van der Waals surface area contributed by atoms with Crippen molar-refractivity contribution in [2.24, 2.45) is 9.98 Å². The first kappa shape index (κ1) is 36.7. The number of aromatic nitrogens is 2. The summed E-state index contributed by atoms with van der Waals surface area (Å²) in [4.78, 5) is 24.8. The van der Waals surface area contributed by atoms with E-state index < -0.39 is 11.2 Å². The molecular weight excluding hydrogens is 761 g/mol. The smallest absolute Gasteiger partial charge is 0.350 e. The highest BCUT2D eigenvalue weighted by Gasteiger charge is 2.42. The highest BCUT2D eigenvalue weighted by atomic mass is 32.1. The molecule has 1 aromatic carbocycles. The summed E-state index contributed by atoms with van der Waals surface area (Å²) in [6.07, 6.45) is 1.59. The molecule has 2 aliphatic rings. The van der Waals surface area contributed by atoms with Crippen LogP contribution in [-0.4, -0.2) is 34.7 Å². The van der Waals surface area contributed by atoms with Crippen LogP contribution >= 0.6 is 45.3 Å². The Morgan fingerprint density at radius 1 is 0.722 bits per heavy atom. The van der Waals surface area contributed by atoms with E-state index in [0.29, 0.717) is 56.5 Å². The van der Waals surface area contributed by atoms with Gasteiger partial charge in [-0.3, -0.25) is 0 Å². The fraction of sp³-hybridized carbons (Fsp3) is 0.316. The molecule has 5 aromatic rings. The van der Waals surface area contributed by atoms with Crippen molar-refractivity contribution in [2.45, 2.75) is 65.6 Å². The standard InChI is InChI=1S/C38H30N8O4S4/c1-8-10-47-24-14-27(43-19(16-39)17-40)51-31(24)35-45-33-29(53-35)20-12-23-21(13-22(20)37(3,4)49-33)30-34(50-38(23,5)6)46-36(54-30)32-25(48-11-9-2)15-28(52-32)44-26(18-41)42-7/h12-15H,8-11H2,1-6H3. The van der Waals surface area contributed by atoms with E-state index in [0.717, 1.165) is 54.6 Å². The first-order chi connectivity index (χ1) is 25.9. The van der Waals surface area contributed by atoms with E-state index in [9.17, 15) is 15.8 Å². The molecule has 16 heteroatoms. The Bertz CT molecular complexity index is 2350. The van der Waals surface area contributed by atoms with Crippen molar-refractivity contribution in [3.63, 3.8) is 0 Å². The topological polar surface area (TPSA) is 163 Å². The van der Waals surface area contributed by atoms with Crippen LogP contribution in [0.5, 0.6) is 23.3 Å². The Balaban J connectivity index is 1.34. The summed E-state index contributed by atoms with van der Waals surface area (Å²) in [5.41, 5.74) is 2.21. The van der Waals surface area contributed by atoms with Crippen molar-refractivity contribution in [2.75, 3.05) is 13.2 Å². The molecule has 0 spiro atoms. The van der Waals surface area contributed by atoms with Gasteiger partial charge < -0.3 is 23.8 Å². The Hall–Kier alpha value is -5.62. The van der Waals surface area contributed by atoms with E-state index >= 15 is 0 Å². The van der Waals surface area contributed by atoms with Crippen LogP contribution in [0.4, 0.5) is 10.0 Å². The maximum Gasteiger partial charge on any atom is 0.350 e. The molecule has 6 heterocycles. The zero-order valence-corrected chi connectivity index (χ0v) is 33.2. The average molecular weight is 791 g/mol. The molecule has 0 N–H and O–H groups in total. The van der Waals surface area contributed by atoms with Crippen molar-refractivity contribution in [1.82, 2.24) is 9.97 Å². The van der Waals surface area contributed by atoms with E-state index in [1.54, 1.807) is 12.1 Å².